The van der Waals surface area contributed by atoms with Gasteiger partial charge in [-0.25, -0.2) is 4.98 Å². The van der Waals surface area contributed by atoms with Gasteiger partial charge in [-0.1, -0.05) is 11.3 Å². The molecule has 0 saturated carbocycles. The van der Waals surface area contributed by atoms with Gasteiger partial charge in [-0.05, 0) is 39.0 Å². The van der Waals surface area contributed by atoms with E-state index in [1.807, 2.05) is 6.07 Å². The molecule has 1 amide bonds. The van der Waals surface area contributed by atoms with Crippen molar-refractivity contribution < 1.29 is 4.79 Å². The van der Waals surface area contributed by atoms with Crippen LogP contribution in [0.2, 0.25) is 0 Å². The van der Waals surface area contributed by atoms with Crippen molar-refractivity contribution in [2.75, 3.05) is 5.32 Å². The summed E-state index contributed by atoms with van der Waals surface area (Å²) < 4.78 is 2.09. The van der Waals surface area contributed by atoms with Crippen molar-refractivity contribution in [2.45, 2.75) is 26.3 Å². The third-order valence-electron chi connectivity index (χ3n) is 3.11. The highest BCUT2D eigenvalue weighted by Crippen LogP contribution is 2.23. The molecule has 0 aliphatic rings. The van der Waals surface area contributed by atoms with Crippen molar-refractivity contribution in [3.63, 3.8) is 0 Å². The average molecular weight is 301 g/mol. The Morgan fingerprint density at radius 1 is 1.33 bits per heavy atom. The molecule has 0 aliphatic heterocycles. The summed E-state index contributed by atoms with van der Waals surface area (Å²) in [5.74, 6) is -0.209. The molecule has 0 fully saturated rings. The Labute approximate surface area is 125 Å². The van der Waals surface area contributed by atoms with Crippen LogP contribution < -0.4 is 5.32 Å². The van der Waals surface area contributed by atoms with E-state index in [1.54, 1.807) is 24.0 Å². The number of hydrogen-bond acceptors (Lipinski definition) is 5. The zero-order valence-electron chi connectivity index (χ0n) is 12.0. The summed E-state index contributed by atoms with van der Waals surface area (Å²) in [5, 5.41) is 10.7. The molecular formula is C14H15N5OS. The van der Waals surface area contributed by atoms with Crippen LogP contribution in [0.25, 0.3) is 11.0 Å². The number of carbonyl (C=O) groups is 1. The van der Waals surface area contributed by atoms with E-state index < -0.39 is 0 Å². The van der Waals surface area contributed by atoms with Gasteiger partial charge in [0.25, 0.3) is 5.91 Å². The highest BCUT2D eigenvalue weighted by Gasteiger charge is 2.17. The minimum Gasteiger partial charge on any atom is -0.325 e. The molecule has 1 N–H and O–H groups in total. The number of fused-ring (bicyclic) bond motifs is 1. The smallest absolute Gasteiger partial charge is 0.257 e. The summed E-state index contributed by atoms with van der Waals surface area (Å²) in [5.41, 5.74) is 3.89. The molecule has 6 nitrogen and oxygen atoms in total. The Kier molecular flexibility index (Phi) is 3.21. The summed E-state index contributed by atoms with van der Waals surface area (Å²) in [4.78, 5) is 16.5. The van der Waals surface area contributed by atoms with Gasteiger partial charge in [-0.2, -0.15) is 0 Å². The van der Waals surface area contributed by atoms with E-state index in [-0.39, 0.29) is 11.4 Å². The fourth-order valence-corrected chi connectivity index (χ4v) is 2.53. The summed E-state index contributed by atoms with van der Waals surface area (Å²) in [6.45, 7) is 6.35. The SMILES string of the molecule is CC(C)(C)n1cnc2cc(C(=O)Nc3nncs3)ccc21. The highest BCUT2D eigenvalue weighted by atomic mass is 32.1. The number of nitrogens with zero attached hydrogens (tertiary/aromatic N) is 4. The second-order valence-electron chi connectivity index (χ2n) is 5.69. The number of imidazole rings is 1. The standard InChI is InChI=1S/C14H15N5OS/c1-14(2,3)19-7-15-10-6-9(4-5-11(10)19)12(20)17-13-18-16-8-21-13/h4-8H,1-3H3,(H,17,18,20). The molecule has 7 heteroatoms. The predicted molar refractivity (Wildman–Crippen MR) is 82.6 cm³/mol. The Bertz CT molecular complexity index is 785. The van der Waals surface area contributed by atoms with Crippen molar-refractivity contribution in [3.05, 3.63) is 35.6 Å². The molecule has 0 bridgehead atoms. The monoisotopic (exact) mass is 301 g/mol. The van der Waals surface area contributed by atoms with Gasteiger partial charge >= 0.3 is 0 Å². The first-order chi connectivity index (χ1) is 9.95. The molecule has 3 aromatic rings. The van der Waals surface area contributed by atoms with Crippen LogP contribution in [0.1, 0.15) is 31.1 Å². The van der Waals surface area contributed by atoms with E-state index in [0.29, 0.717) is 10.7 Å². The number of nitrogens with one attached hydrogen (secondary N) is 1. The summed E-state index contributed by atoms with van der Waals surface area (Å²) in [6, 6.07) is 5.50. The molecule has 0 unspecified atom stereocenters. The third kappa shape index (κ3) is 2.64. The van der Waals surface area contributed by atoms with E-state index in [0.717, 1.165) is 11.0 Å². The van der Waals surface area contributed by atoms with Crippen molar-refractivity contribution in [3.8, 4) is 0 Å². The van der Waals surface area contributed by atoms with Crippen LogP contribution in [-0.2, 0) is 5.54 Å². The van der Waals surface area contributed by atoms with Crippen molar-refractivity contribution in [1.82, 2.24) is 19.7 Å². The predicted octanol–water partition coefficient (Wildman–Crippen LogP) is 2.90. The topological polar surface area (TPSA) is 72.7 Å². The lowest BCUT2D eigenvalue weighted by molar-refractivity contribution is 0.102. The largest absolute Gasteiger partial charge is 0.325 e. The maximum Gasteiger partial charge on any atom is 0.257 e. The van der Waals surface area contributed by atoms with Crippen LogP contribution in [0.5, 0.6) is 0 Å². The van der Waals surface area contributed by atoms with Gasteiger partial charge in [0.15, 0.2) is 0 Å². The Hall–Kier alpha value is -2.28. The molecule has 0 spiro atoms. The lowest BCUT2D eigenvalue weighted by Crippen LogP contribution is -2.20. The molecule has 1 aromatic carbocycles. The molecule has 2 aromatic heterocycles. The van der Waals surface area contributed by atoms with Gasteiger partial charge in [0.2, 0.25) is 5.13 Å². The Morgan fingerprint density at radius 3 is 2.81 bits per heavy atom. The minimum absolute atomic E-state index is 0.0505. The first kappa shape index (κ1) is 13.7. The van der Waals surface area contributed by atoms with Crippen LogP contribution in [0, 0.1) is 0 Å². The molecular weight excluding hydrogens is 286 g/mol. The number of aromatic nitrogens is 4. The van der Waals surface area contributed by atoms with Crippen LogP contribution in [0.4, 0.5) is 5.13 Å². The number of benzene rings is 1. The first-order valence-electron chi connectivity index (χ1n) is 6.50. The number of rotatable bonds is 2. The highest BCUT2D eigenvalue weighted by molar-refractivity contribution is 7.13. The van der Waals surface area contributed by atoms with Gasteiger partial charge in [0.05, 0.1) is 17.4 Å². The zero-order chi connectivity index (χ0) is 15.0. The van der Waals surface area contributed by atoms with Crippen LogP contribution in [-0.4, -0.2) is 25.7 Å². The van der Waals surface area contributed by atoms with Crippen molar-refractivity contribution in [1.29, 1.82) is 0 Å². The minimum atomic E-state index is -0.209. The molecule has 2 heterocycles. The molecule has 3 rings (SSSR count). The molecule has 21 heavy (non-hydrogen) atoms. The van der Waals surface area contributed by atoms with E-state index in [9.17, 15) is 4.79 Å². The maximum atomic E-state index is 12.2. The van der Waals surface area contributed by atoms with E-state index in [4.69, 9.17) is 0 Å². The summed E-state index contributed by atoms with van der Waals surface area (Å²) >= 11 is 1.28. The van der Waals surface area contributed by atoms with Gasteiger partial charge in [-0.3, -0.25) is 10.1 Å². The molecule has 108 valence electrons. The lowest BCUT2D eigenvalue weighted by Gasteiger charge is -2.21. The van der Waals surface area contributed by atoms with Crippen molar-refractivity contribution in [2.24, 2.45) is 0 Å². The fourth-order valence-electron chi connectivity index (χ4n) is 2.09. The van der Waals surface area contributed by atoms with Crippen LogP contribution >= 0.6 is 11.3 Å². The van der Waals surface area contributed by atoms with E-state index in [1.165, 1.54) is 11.3 Å². The van der Waals surface area contributed by atoms with Gasteiger partial charge in [0.1, 0.15) is 5.51 Å². The zero-order valence-corrected chi connectivity index (χ0v) is 12.8. The summed E-state index contributed by atoms with van der Waals surface area (Å²) in [6.07, 6.45) is 1.80. The normalized spacial score (nSPS) is 11.8. The van der Waals surface area contributed by atoms with Gasteiger partial charge < -0.3 is 4.57 Å². The number of hydrogen-bond donors (Lipinski definition) is 1. The second kappa shape index (κ2) is 4.92. The fraction of sp³-hybridized carbons (Fsp3) is 0.286. The third-order valence-corrected chi connectivity index (χ3v) is 3.72. The maximum absolute atomic E-state index is 12.2. The number of amides is 1. The lowest BCUT2D eigenvalue weighted by atomic mass is 10.1. The second-order valence-corrected chi connectivity index (χ2v) is 6.52. The quantitative estimate of drug-likeness (QED) is 0.790. The molecule has 0 saturated heterocycles. The Morgan fingerprint density at radius 2 is 2.14 bits per heavy atom. The number of anilines is 1. The van der Waals surface area contributed by atoms with Crippen LogP contribution in [0.15, 0.2) is 30.0 Å². The van der Waals surface area contributed by atoms with E-state index >= 15 is 0 Å². The van der Waals surface area contributed by atoms with E-state index in [2.05, 4.69) is 45.8 Å². The number of carbonyl (C=O) groups excluding carboxylic acids is 1. The Balaban J connectivity index is 1.93. The van der Waals surface area contributed by atoms with Crippen molar-refractivity contribution >= 4 is 33.4 Å². The summed E-state index contributed by atoms with van der Waals surface area (Å²) in [7, 11) is 0. The van der Waals surface area contributed by atoms with Gasteiger partial charge in [-0.15, -0.1) is 10.2 Å². The molecule has 0 atom stereocenters. The average Bonchev–Trinajstić information content (AvgIpc) is 3.05. The van der Waals surface area contributed by atoms with Crippen LogP contribution in [0.3, 0.4) is 0 Å². The first-order valence-corrected chi connectivity index (χ1v) is 7.38. The molecule has 0 aliphatic carbocycles. The van der Waals surface area contributed by atoms with Gasteiger partial charge in [0, 0.05) is 11.1 Å². The molecule has 0 radical (unpaired) electrons.